The van der Waals surface area contributed by atoms with Crippen molar-refractivity contribution in [3.05, 3.63) is 60.0 Å². The Morgan fingerprint density at radius 3 is 2.57 bits per heavy atom. The molecule has 0 atom stereocenters. The maximum Gasteiger partial charge on any atom is 0.123 e. The highest BCUT2D eigenvalue weighted by Gasteiger charge is 2.32. The Hall–Kier alpha value is -2.24. The van der Waals surface area contributed by atoms with Gasteiger partial charge >= 0.3 is 0 Å². The Labute approximate surface area is 133 Å². The average Bonchev–Trinajstić information content (AvgIpc) is 2.99. The van der Waals surface area contributed by atoms with Crippen LogP contribution in [0.2, 0.25) is 0 Å². The zero-order valence-corrected chi connectivity index (χ0v) is 12.6. The van der Waals surface area contributed by atoms with Gasteiger partial charge in [-0.2, -0.15) is 5.10 Å². The van der Waals surface area contributed by atoms with Gasteiger partial charge in [0.15, 0.2) is 0 Å². The normalized spacial score (nSPS) is 17.5. The predicted octanol–water partition coefficient (Wildman–Crippen LogP) is 3.16. The second-order valence-corrected chi connectivity index (χ2v) is 5.95. The highest BCUT2D eigenvalue weighted by atomic mass is 19.1. The van der Waals surface area contributed by atoms with Crippen LogP contribution in [-0.2, 0) is 10.3 Å². The van der Waals surface area contributed by atoms with Gasteiger partial charge < -0.3 is 9.84 Å². The summed E-state index contributed by atoms with van der Waals surface area (Å²) in [7, 11) is 0. The largest absolute Gasteiger partial charge is 0.385 e. The summed E-state index contributed by atoms with van der Waals surface area (Å²) >= 11 is 0. The minimum absolute atomic E-state index is 0.269. The molecule has 3 aromatic rings. The van der Waals surface area contributed by atoms with Gasteiger partial charge in [-0.05, 0) is 42.0 Å². The molecule has 2 heterocycles. The maximum atomic E-state index is 13.1. The van der Waals surface area contributed by atoms with Gasteiger partial charge in [0.1, 0.15) is 5.82 Å². The van der Waals surface area contributed by atoms with Crippen LogP contribution in [0.25, 0.3) is 16.6 Å². The first-order chi connectivity index (χ1) is 11.2. The van der Waals surface area contributed by atoms with Crippen LogP contribution in [0.5, 0.6) is 0 Å². The average molecular weight is 312 g/mol. The fraction of sp³-hybridized carbons (Fsp3) is 0.278. The number of benzene rings is 2. The number of nitrogens with zero attached hydrogens (tertiary/aromatic N) is 2. The molecule has 0 aliphatic carbocycles. The van der Waals surface area contributed by atoms with Crippen molar-refractivity contribution in [3.63, 3.8) is 0 Å². The second kappa shape index (κ2) is 5.44. The highest BCUT2D eigenvalue weighted by Crippen LogP contribution is 2.33. The van der Waals surface area contributed by atoms with E-state index in [1.807, 2.05) is 18.2 Å². The monoisotopic (exact) mass is 312 g/mol. The van der Waals surface area contributed by atoms with Crippen LogP contribution in [0.1, 0.15) is 18.4 Å². The molecular formula is C18H17FN2O2. The lowest BCUT2D eigenvalue weighted by Gasteiger charge is -2.32. The van der Waals surface area contributed by atoms with E-state index in [9.17, 15) is 9.50 Å². The Morgan fingerprint density at radius 2 is 1.83 bits per heavy atom. The second-order valence-electron chi connectivity index (χ2n) is 5.95. The van der Waals surface area contributed by atoms with E-state index in [-0.39, 0.29) is 5.82 Å². The van der Waals surface area contributed by atoms with Gasteiger partial charge in [0.05, 0.1) is 23.0 Å². The van der Waals surface area contributed by atoms with E-state index >= 15 is 0 Å². The molecule has 5 heteroatoms. The Morgan fingerprint density at radius 1 is 1.09 bits per heavy atom. The molecule has 1 aliphatic heterocycles. The van der Waals surface area contributed by atoms with Gasteiger partial charge in [-0.15, -0.1) is 0 Å². The van der Waals surface area contributed by atoms with Crippen molar-refractivity contribution in [2.75, 3.05) is 13.2 Å². The van der Waals surface area contributed by atoms with E-state index in [0.29, 0.717) is 26.1 Å². The summed E-state index contributed by atoms with van der Waals surface area (Å²) in [5.41, 5.74) is 1.80. The summed E-state index contributed by atoms with van der Waals surface area (Å²) in [6.45, 7) is 1.15. The number of ether oxygens (including phenoxy) is 1. The molecule has 0 amide bonds. The zero-order valence-electron chi connectivity index (χ0n) is 12.6. The molecule has 0 bridgehead atoms. The van der Waals surface area contributed by atoms with Crippen molar-refractivity contribution in [2.24, 2.45) is 0 Å². The Kier molecular flexibility index (Phi) is 3.39. The van der Waals surface area contributed by atoms with Gasteiger partial charge in [-0.3, -0.25) is 0 Å². The summed E-state index contributed by atoms with van der Waals surface area (Å²) in [6, 6.07) is 12.1. The summed E-state index contributed by atoms with van der Waals surface area (Å²) in [5, 5.41) is 16.2. The van der Waals surface area contributed by atoms with Gasteiger partial charge in [0, 0.05) is 31.4 Å². The molecule has 23 heavy (non-hydrogen) atoms. The molecule has 2 aromatic carbocycles. The molecule has 1 fully saturated rings. The SMILES string of the molecule is OC1(c2ccc3c(cnn3-c3ccc(F)cc3)c2)CCOCC1. The first kappa shape index (κ1) is 14.4. The van der Waals surface area contributed by atoms with Crippen molar-refractivity contribution in [3.8, 4) is 5.69 Å². The van der Waals surface area contributed by atoms with Crippen LogP contribution in [0, 0.1) is 5.82 Å². The van der Waals surface area contributed by atoms with Crippen LogP contribution in [-0.4, -0.2) is 28.1 Å². The van der Waals surface area contributed by atoms with Gasteiger partial charge in [0.25, 0.3) is 0 Å². The third-order valence-corrected chi connectivity index (χ3v) is 4.50. The van der Waals surface area contributed by atoms with Crippen molar-refractivity contribution in [1.82, 2.24) is 9.78 Å². The smallest absolute Gasteiger partial charge is 0.123 e. The van der Waals surface area contributed by atoms with Crippen molar-refractivity contribution in [1.29, 1.82) is 0 Å². The van der Waals surface area contributed by atoms with Crippen molar-refractivity contribution >= 4 is 10.9 Å². The quantitative estimate of drug-likeness (QED) is 0.790. The molecule has 0 unspecified atom stereocenters. The molecule has 0 radical (unpaired) electrons. The molecule has 1 N–H and O–H groups in total. The fourth-order valence-electron chi connectivity index (χ4n) is 3.11. The van der Waals surface area contributed by atoms with Crippen molar-refractivity contribution < 1.29 is 14.2 Å². The molecular weight excluding hydrogens is 295 g/mol. The lowest BCUT2D eigenvalue weighted by molar-refractivity contribution is -0.0678. The molecule has 4 rings (SSSR count). The van der Waals surface area contributed by atoms with E-state index in [1.54, 1.807) is 23.0 Å². The third-order valence-electron chi connectivity index (χ3n) is 4.50. The Balaban J connectivity index is 1.75. The third kappa shape index (κ3) is 2.52. The fourth-order valence-corrected chi connectivity index (χ4v) is 3.11. The van der Waals surface area contributed by atoms with Gasteiger partial charge in [0.2, 0.25) is 0 Å². The molecule has 1 saturated heterocycles. The number of aromatic nitrogens is 2. The van der Waals surface area contributed by atoms with Crippen LogP contribution in [0.3, 0.4) is 0 Å². The molecule has 118 valence electrons. The number of aliphatic hydroxyl groups is 1. The number of hydrogen-bond acceptors (Lipinski definition) is 3. The first-order valence-corrected chi connectivity index (χ1v) is 7.70. The first-order valence-electron chi connectivity index (χ1n) is 7.70. The van der Waals surface area contributed by atoms with E-state index in [0.717, 1.165) is 22.2 Å². The number of fused-ring (bicyclic) bond motifs is 1. The number of rotatable bonds is 2. The molecule has 0 saturated carbocycles. The molecule has 0 spiro atoms. The molecule has 1 aliphatic rings. The minimum atomic E-state index is -0.829. The lowest BCUT2D eigenvalue weighted by atomic mass is 9.86. The van der Waals surface area contributed by atoms with Gasteiger partial charge in [-0.1, -0.05) is 6.07 Å². The lowest BCUT2D eigenvalue weighted by Crippen LogP contribution is -2.33. The van der Waals surface area contributed by atoms with E-state index < -0.39 is 5.60 Å². The van der Waals surface area contributed by atoms with E-state index in [1.165, 1.54) is 12.1 Å². The molecule has 1 aromatic heterocycles. The summed E-state index contributed by atoms with van der Waals surface area (Å²) in [6.07, 6.45) is 2.97. The minimum Gasteiger partial charge on any atom is -0.385 e. The predicted molar refractivity (Wildman–Crippen MR) is 85.0 cm³/mol. The van der Waals surface area contributed by atoms with E-state index in [2.05, 4.69) is 5.10 Å². The topological polar surface area (TPSA) is 47.3 Å². The van der Waals surface area contributed by atoms with Crippen LogP contribution < -0.4 is 0 Å². The summed E-state index contributed by atoms with van der Waals surface area (Å²) < 4.78 is 20.2. The van der Waals surface area contributed by atoms with E-state index in [4.69, 9.17) is 4.74 Å². The van der Waals surface area contributed by atoms with Crippen LogP contribution in [0.4, 0.5) is 4.39 Å². The molecule has 4 nitrogen and oxygen atoms in total. The summed E-state index contributed by atoms with van der Waals surface area (Å²) in [5.74, 6) is -0.269. The Bertz CT molecular complexity index is 836. The zero-order chi connectivity index (χ0) is 15.9. The maximum absolute atomic E-state index is 13.1. The van der Waals surface area contributed by atoms with Crippen molar-refractivity contribution in [2.45, 2.75) is 18.4 Å². The van der Waals surface area contributed by atoms with Gasteiger partial charge in [-0.25, -0.2) is 9.07 Å². The number of halogens is 1. The van der Waals surface area contributed by atoms with Crippen LogP contribution >= 0.6 is 0 Å². The van der Waals surface area contributed by atoms with Crippen LogP contribution in [0.15, 0.2) is 48.7 Å². The highest BCUT2D eigenvalue weighted by molar-refractivity contribution is 5.81. The standard InChI is InChI=1S/C18H17FN2O2/c19-15-2-4-16(5-3-15)21-17-6-1-14(11-13(17)12-20-21)18(22)7-9-23-10-8-18/h1-6,11-12,22H,7-10H2. The summed E-state index contributed by atoms with van der Waals surface area (Å²) in [4.78, 5) is 0. The number of hydrogen-bond donors (Lipinski definition) is 1.